The van der Waals surface area contributed by atoms with Gasteiger partial charge in [-0.25, -0.2) is 4.98 Å². The summed E-state index contributed by atoms with van der Waals surface area (Å²) in [5.41, 5.74) is 6.05. The Balaban J connectivity index is 1.87. The van der Waals surface area contributed by atoms with Crippen LogP contribution in [0.5, 0.6) is 0 Å². The van der Waals surface area contributed by atoms with E-state index in [0.717, 1.165) is 25.9 Å². The average molecular weight is 311 g/mol. The summed E-state index contributed by atoms with van der Waals surface area (Å²) in [6.07, 6.45) is 3.87. The highest BCUT2D eigenvalue weighted by atomic mass is 16.5. The van der Waals surface area contributed by atoms with Gasteiger partial charge in [0.05, 0.1) is 12.9 Å². The minimum absolute atomic E-state index is 0.0704. The van der Waals surface area contributed by atoms with E-state index < -0.39 is 6.29 Å². The smallest absolute Gasteiger partial charge is 0.276 e. The zero-order valence-electron chi connectivity index (χ0n) is 12.9. The number of aliphatic hydroxyl groups excluding tert-OH is 1. The van der Waals surface area contributed by atoms with E-state index in [2.05, 4.69) is 22.5 Å². The molecule has 0 spiro atoms. The van der Waals surface area contributed by atoms with Crippen LogP contribution in [-0.4, -0.2) is 46.7 Å². The zero-order chi connectivity index (χ0) is 15.9. The average Bonchev–Trinajstić information content (AvgIpc) is 2.90. The molecule has 0 bridgehead atoms. The molecule has 8 nitrogen and oxygen atoms in total. The second kappa shape index (κ2) is 8.11. The maximum Gasteiger partial charge on any atom is 0.276 e. The van der Waals surface area contributed by atoms with Crippen LogP contribution in [0.1, 0.15) is 36.7 Å². The lowest BCUT2D eigenvalue weighted by Gasteiger charge is -2.23. The number of hydrogen-bond donors (Lipinski definition) is 4. The maximum atomic E-state index is 11.7. The van der Waals surface area contributed by atoms with Crippen LogP contribution in [0.25, 0.3) is 0 Å². The second-order valence-electron chi connectivity index (χ2n) is 5.50. The molecule has 1 amide bonds. The van der Waals surface area contributed by atoms with Crippen LogP contribution in [-0.2, 0) is 11.3 Å². The lowest BCUT2D eigenvalue weighted by Crippen LogP contribution is -2.51. The third-order valence-corrected chi connectivity index (χ3v) is 3.66. The van der Waals surface area contributed by atoms with Crippen molar-refractivity contribution < 1.29 is 14.6 Å². The van der Waals surface area contributed by atoms with Gasteiger partial charge in [0.2, 0.25) is 0 Å². The highest BCUT2D eigenvalue weighted by Crippen LogP contribution is 2.19. The molecule has 0 saturated heterocycles. The Labute approximate surface area is 130 Å². The lowest BCUT2D eigenvalue weighted by molar-refractivity contribution is 0.0661. The van der Waals surface area contributed by atoms with Crippen LogP contribution in [0.3, 0.4) is 0 Å². The van der Waals surface area contributed by atoms with Gasteiger partial charge in [-0.3, -0.25) is 10.5 Å². The van der Waals surface area contributed by atoms with Crippen molar-refractivity contribution in [3.63, 3.8) is 0 Å². The first-order chi connectivity index (χ1) is 10.7. The fourth-order valence-electron chi connectivity index (χ4n) is 2.31. The van der Waals surface area contributed by atoms with Gasteiger partial charge in [-0.1, -0.05) is 13.3 Å². The first kappa shape index (κ1) is 16.7. The fourth-order valence-corrected chi connectivity index (χ4v) is 2.31. The maximum absolute atomic E-state index is 11.7. The van der Waals surface area contributed by atoms with Gasteiger partial charge in [-0.05, 0) is 12.8 Å². The van der Waals surface area contributed by atoms with Gasteiger partial charge >= 0.3 is 0 Å². The molecule has 124 valence electrons. The summed E-state index contributed by atoms with van der Waals surface area (Å²) in [6, 6.07) is 0. The van der Waals surface area contributed by atoms with Crippen molar-refractivity contribution in [1.29, 1.82) is 0 Å². The van der Waals surface area contributed by atoms with E-state index in [1.54, 1.807) is 6.33 Å². The number of hydrogen-bond acceptors (Lipinski definition) is 6. The molecule has 0 saturated carbocycles. The fraction of sp³-hybridized carbons (Fsp3) is 0.714. The predicted octanol–water partition coefficient (Wildman–Crippen LogP) is 0.0960. The topological polar surface area (TPSA) is 114 Å². The Bertz CT molecular complexity index is 491. The molecule has 8 heteroatoms. The second-order valence-corrected chi connectivity index (χ2v) is 5.50. The SMILES string of the molecule is CCCCOC[C@H](CO)CCn1cnc2c1NC(N)NC2=O. The summed E-state index contributed by atoms with van der Waals surface area (Å²) >= 11 is 0. The number of aryl methyl sites for hydroxylation is 1. The van der Waals surface area contributed by atoms with Crippen LogP contribution in [0.2, 0.25) is 0 Å². The van der Waals surface area contributed by atoms with Crippen LogP contribution in [0.4, 0.5) is 5.82 Å². The summed E-state index contributed by atoms with van der Waals surface area (Å²) in [6.45, 7) is 4.10. The Morgan fingerprint density at radius 2 is 2.36 bits per heavy atom. The van der Waals surface area contributed by atoms with Gasteiger partial charge in [0.25, 0.3) is 5.91 Å². The standard InChI is InChI=1S/C14H25N5O3/c1-2-3-6-22-8-10(7-20)4-5-19-9-16-11-12(19)17-14(15)18-13(11)21/h9-10,14,17,20H,2-8,15H2,1H3,(H,18,21)/t10-,14?/m0/s1. The van der Waals surface area contributed by atoms with Crippen molar-refractivity contribution in [2.75, 3.05) is 25.1 Å². The molecule has 1 aliphatic rings. The normalized spacial score (nSPS) is 18.5. The van der Waals surface area contributed by atoms with Crippen molar-refractivity contribution in [2.24, 2.45) is 11.7 Å². The monoisotopic (exact) mass is 311 g/mol. The first-order valence-corrected chi connectivity index (χ1v) is 7.72. The van der Waals surface area contributed by atoms with Crippen molar-refractivity contribution in [3.8, 4) is 0 Å². The minimum Gasteiger partial charge on any atom is -0.396 e. The van der Waals surface area contributed by atoms with Gasteiger partial charge in [0.15, 0.2) is 12.0 Å². The summed E-state index contributed by atoms with van der Waals surface area (Å²) in [5, 5.41) is 15.0. The van der Waals surface area contributed by atoms with Gasteiger partial charge in [-0.2, -0.15) is 0 Å². The van der Waals surface area contributed by atoms with Crippen molar-refractivity contribution in [3.05, 3.63) is 12.0 Å². The number of amides is 1. The van der Waals surface area contributed by atoms with E-state index in [9.17, 15) is 9.90 Å². The van der Waals surface area contributed by atoms with Gasteiger partial charge < -0.3 is 25.0 Å². The molecule has 5 N–H and O–H groups in total. The molecule has 1 aromatic heterocycles. The van der Waals surface area contributed by atoms with Crippen LogP contribution in [0.15, 0.2) is 6.33 Å². The molecular weight excluding hydrogens is 286 g/mol. The number of fused-ring (bicyclic) bond motifs is 1. The summed E-state index contributed by atoms with van der Waals surface area (Å²) in [4.78, 5) is 15.8. The molecule has 0 aliphatic carbocycles. The first-order valence-electron chi connectivity index (χ1n) is 7.72. The molecular formula is C14H25N5O3. The highest BCUT2D eigenvalue weighted by Gasteiger charge is 2.26. The van der Waals surface area contributed by atoms with Gasteiger partial charge in [0, 0.05) is 25.7 Å². The number of nitrogens with two attached hydrogens (primary N) is 1. The number of rotatable bonds is 9. The van der Waals surface area contributed by atoms with Crippen LogP contribution in [0, 0.1) is 5.92 Å². The van der Waals surface area contributed by atoms with E-state index in [0.29, 0.717) is 24.7 Å². The molecule has 2 atom stereocenters. The number of aliphatic hydroxyl groups is 1. The Kier molecular flexibility index (Phi) is 6.17. The van der Waals surface area contributed by atoms with Crippen molar-refractivity contribution >= 4 is 11.7 Å². The van der Waals surface area contributed by atoms with Crippen LogP contribution >= 0.6 is 0 Å². The quantitative estimate of drug-likeness (QED) is 0.481. The number of nitrogens with one attached hydrogen (secondary N) is 2. The molecule has 1 aromatic rings. The van der Waals surface area contributed by atoms with Crippen LogP contribution < -0.4 is 16.4 Å². The van der Waals surface area contributed by atoms with E-state index in [1.165, 1.54) is 0 Å². The number of carbonyl (C=O) groups excluding carboxylic acids is 1. The minimum atomic E-state index is -0.610. The molecule has 0 aromatic carbocycles. The molecule has 2 heterocycles. The van der Waals surface area contributed by atoms with Gasteiger partial charge in [-0.15, -0.1) is 0 Å². The Hall–Kier alpha value is -1.64. The molecule has 2 rings (SSSR count). The van der Waals surface area contributed by atoms with Crippen molar-refractivity contribution in [2.45, 2.75) is 39.0 Å². The number of ether oxygens (including phenoxy) is 1. The number of carbonyl (C=O) groups is 1. The third kappa shape index (κ3) is 4.19. The van der Waals surface area contributed by atoms with E-state index in [4.69, 9.17) is 10.5 Å². The third-order valence-electron chi connectivity index (χ3n) is 3.66. The number of aromatic nitrogens is 2. The van der Waals surface area contributed by atoms with E-state index >= 15 is 0 Å². The Morgan fingerprint density at radius 1 is 1.55 bits per heavy atom. The van der Waals surface area contributed by atoms with E-state index in [1.807, 2.05) is 4.57 Å². The lowest BCUT2D eigenvalue weighted by atomic mass is 10.1. The molecule has 0 radical (unpaired) electrons. The predicted molar refractivity (Wildman–Crippen MR) is 82.2 cm³/mol. The summed E-state index contributed by atoms with van der Waals surface area (Å²) < 4.78 is 7.41. The number of imidazole rings is 1. The molecule has 1 aliphatic heterocycles. The Morgan fingerprint density at radius 3 is 3.09 bits per heavy atom. The van der Waals surface area contributed by atoms with E-state index in [-0.39, 0.29) is 18.4 Å². The molecule has 22 heavy (non-hydrogen) atoms. The summed E-state index contributed by atoms with van der Waals surface area (Å²) in [7, 11) is 0. The summed E-state index contributed by atoms with van der Waals surface area (Å²) in [5.74, 6) is 0.419. The van der Waals surface area contributed by atoms with Gasteiger partial charge in [0.1, 0.15) is 5.82 Å². The highest BCUT2D eigenvalue weighted by molar-refractivity contribution is 5.98. The molecule has 1 unspecified atom stereocenters. The van der Waals surface area contributed by atoms with Crippen molar-refractivity contribution in [1.82, 2.24) is 14.9 Å². The number of unbranched alkanes of at least 4 members (excludes halogenated alkanes) is 1. The largest absolute Gasteiger partial charge is 0.396 e. The zero-order valence-corrected chi connectivity index (χ0v) is 12.9. The number of anilines is 1. The molecule has 0 fully saturated rings. The number of nitrogens with zero attached hydrogens (tertiary/aromatic N) is 2.